The van der Waals surface area contributed by atoms with Gasteiger partial charge in [-0.2, -0.15) is 0 Å². The van der Waals surface area contributed by atoms with Crippen molar-refractivity contribution in [3.05, 3.63) is 0 Å². The zero-order valence-corrected chi connectivity index (χ0v) is 9.08. The van der Waals surface area contributed by atoms with Gasteiger partial charge in [0.05, 0.1) is 6.10 Å². The van der Waals surface area contributed by atoms with Crippen LogP contribution >= 0.6 is 0 Å². The van der Waals surface area contributed by atoms with Crippen molar-refractivity contribution in [3.63, 3.8) is 0 Å². The second kappa shape index (κ2) is 4.94. The number of nitrogens with two attached hydrogens (primary N) is 1. The van der Waals surface area contributed by atoms with Crippen molar-refractivity contribution in [2.75, 3.05) is 0 Å². The highest BCUT2D eigenvalue weighted by molar-refractivity contribution is 5.79. The Hall–Kier alpha value is -0.610. The number of rotatable bonds is 3. The molecule has 0 atom stereocenters. The highest BCUT2D eigenvalue weighted by atomic mass is 16.6. The van der Waals surface area contributed by atoms with Gasteiger partial charge in [0.25, 0.3) is 0 Å². The van der Waals surface area contributed by atoms with E-state index in [-0.39, 0.29) is 12.0 Å². The summed E-state index contributed by atoms with van der Waals surface area (Å²) >= 11 is 0. The Morgan fingerprint density at radius 1 is 1.13 bits per heavy atom. The van der Waals surface area contributed by atoms with E-state index in [1.807, 2.05) is 0 Å². The Bertz CT molecular complexity index is 221. The maximum atomic E-state index is 11.7. The molecule has 0 spiro atoms. The topological polar surface area (TPSA) is 64.3 Å². The molecule has 1 amide bonds. The highest BCUT2D eigenvalue weighted by Crippen LogP contribution is 2.27. The van der Waals surface area contributed by atoms with Crippen molar-refractivity contribution in [1.29, 1.82) is 0 Å². The predicted octanol–water partition coefficient (Wildman–Crippen LogP) is 1.10. The minimum absolute atomic E-state index is 0.196. The summed E-state index contributed by atoms with van der Waals surface area (Å²) in [6, 6.07) is 0.351. The second-order valence-electron chi connectivity index (χ2n) is 4.75. The Labute approximate surface area is 90.5 Å². The van der Waals surface area contributed by atoms with Gasteiger partial charge in [-0.25, -0.2) is 5.90 Å². The summed E-state index contributed by atoms with van der Waals surface area (Å²) in [5, 5.41) is 3.13. The molecule has 0 unspecified atom stereocenters. The number of hydrogen-bond donors (Lipinski definition) is 2. The fraction of sp³-hybridized carbons (Fsp3) is 0.909. The van der Waals surface area contributed by atoms with Gasteiger partial charge in [0.15, 0.2) is 0 Å². The average molecular weight is 212 g/mol. The summed E-state index contributed by atoms with van der Waals surface area (Å²) in [7, 11) is 0. The van der Waals surface area contributed by atoms with Crippen LogP contribution in [-0.2, 0) is 9.63 Å². The van der Waals surface area contributed by atoms with Crippen LogP contribution in [0.5, 0.6) is 0 Å². The summed E-state index contributed by atoms with van der Waals surface area (Å²) in [5.74, 6) is 5.70. The summed E-state index contributed by atoms with van der Waals surface area (Å²) in [4.78, 5) is 16.5. The molecule has 2 aliphatic carbocycles. The molecule has 0 aromatic carbocycles. The first-order chi connectivity index (χ1) is 7.29. The van der Waals surface area contributed by atoms with Crippen LogP contribution in [0, 0.1) is 5.92 Å². The van der Waals surface area contributed by atoms with Gasteiger partial charge >= 0.3 is 0 Å². The van der Waals surface area contributed by atoms with Gasteiger partial charge in [0, 0.05) is 12.0 Å². The van der Waals surface area contributed by atoms with Gasteiger partial charge < -0.3 is 10.2 Å². The Balaban J connectivity index is 1.69. The first-order valence-electron chi connectivity index (χ1n) is 5.95. The van der Waals surface area contributed by atoms with Crippen LogP contribution in [0.3, 0.4) is 0 Å². The molecule has 2 rings (SSSR count). The fourth-order valence-electron chi connectivity index (χ4n) is 2.33. The molecule has 0 aromatic heterocycles. The van der Waals surface area contributed by atoms with Crippen LogP contribution in [0.15, 0.2) is 0 Å². The van der Waals surface area contributed by atoms with Crippen LogP contribution in [0.2, 0.25) is 0 Å². The van der Waals surface area contributed by atoms with Crippen molar-refractivity contribution in [1.82, 2.24) is 5.32 Å². The van der Waals surface area contributed by atoms with E-state index in [2.05, 4.69) is 5.32 Å². The zero-order valence-electron chi connectivity index (χ0n) is 9.08. The summed E-state index contributed by atoms with van der Waals surface area (Å²) in [5.41, 5.74) is 0. The lowest BCUT2D eigenvalue weighted by Crippen LogP contribution is -2.43. The van der Waals surface area contributed by atoms with E-state index >= 15 is 0 Å². The SMILES string of the molecule is NOC1CCC(NC(=O)C2CCC2)CC1. The largest absolute Gasteiger partial charge is 0.353 e. The van der Waals surface area contributed by atoms with E-state index in [1.165, 1.54) is 6.42 Å². The minimum Gasteiger partial charge on any atom is -0.353 e. The maximum Gasteiger partial charge on any atom is 0.223 e. The quantitative estimate of drug-likeness (QED) is 0.689. The van der Waals surface area contributed by atoms with Crippen LogP contribution in [0.1, 0.15) is 44.9 Å². The molecule has 0 bridgehead atoms. The van der Waals surface area contributed by atoms with E-state index < -0.39 is 0 Å². The average Bonchev–Trinajstić information content (AvgIpc) is 2.16. The monoisotopic (exact) mass is 212 g/mol. The normalized spacial score (nSPS) is 32.1. The van der Waals surface area contributed by atoms with Crippen molar-refractivity contribution >= 4 is 5.91 Å². The van der Waals surface area contributed by atoms with Gasteiger partial charge in [0.2, 0.25) is 5.91 Å². The molecule has 86 valence electrons. The molecule has 4 nitrogen and oxygen atoms in total. The lowest BCUT2D eigenvalue weighted by Gasteiger charge is -2.31. The van der Waals surface area contributed by atoms with E-state index in [9.17, 15) is 4.79 Å². The van der Waals surface area contributed by atoms with Crippen LogP contribution in [0.4, 0.5) is 0 Å². The lowest BCUT2D eigenvalue weighted by molar-refractivity contribution is -0.128. The van der Waals surface area contributed by atoms with Gasteiger partial charge in [-0.05, 0) is 38.5 Å². The molecule has 2 fully saturated rings. The smallest absolute Gasteiger partial charge is 0.223 e. The minimum atomic E-state index is 0.196. The third-order valence-corrected chi connectivity index (χ3v) is 3.69. The number of amides is 1. The standard InChI is InChI=1S/C11H20N2O2/c12-15-10-6-4-9(5-7-10)13-11(14)8-2-1-3-8/h8-10H,1-7,12H2,(H,13,14). The molecule has 0 aromatic rings. The summed E-state index contributed by atoms with van der Waals surface area (Å²) in [6.45, 7) is 0. The molecule has 0 heterocycles. The summed E-state index contributed by atoms with van der Waals surface area (Å²) < 4.78 is 0. The van der Waals surface area contributed by atoms with Gasteiger partial charge in [-0.3, -0.25) is 4.79 Å². The van der Waals surface area contributed by atoms with Crippen LogP contribution in [0.25, 0.3) is 0 Å². The van der Waals surface area contributed by atoms with E-state index in [1.54, 1.807) is 0 Å². The van der Waals surface area contributed by atoms with Gasteiger partial charge in [0.1, 0.15) is 0 Å². The number of hydrogen-bond acceptors (Lipinski definition) is 3. The molecular formula is C11H20N2O2. The fourth-order valence-corrected chi connectivity index (χ4v) is 2.33. The molecule has 2 aliphatic rings. The lowest BCUT2D eigenvalue weighted by atomic mass is 9.84. The third kappa shape index (κ3) is 2.69. The molecule has 0 saturated heterocycles. The van der Waals surface area contributed by atoms with Gasteiger partial charge in [-0.15, -0.1) is 0 Å². The molecule has 0 aliphatic heterocycles. The van der Waals surface area contributed by atoms with Crippen molar-refractivity contribution < 1.29 is 9.63 Å². The predicted molar refractivity (Wildman–Crippen MR) is 56.8 cm³/mol. The first kappa shape index (κ1) is 10.9. The Kier molecular flexibility index (Phi) is 3.59. The molecule has 2 saturated carbocycles. The first-order valence-corrected chi connectivity index (χ1v) is 5.95. The second-order valence-corrected chi connectivity index (χ2v) is 4.75. The maximum absolute atomic E-state index is 11.7. The molecule has 15 heavy (non-hydrogen) atoms. The van der Waals surface area contributed by atoms with Gasteiger partial charge in [-0.1, -0.05) is 6.42 Å². The highest BCUT2D eigenvalue weighted by Gasteiger charge is 2.28. The molecular weight excluding hydrogens is 192 g/mol. The van der Waals surface area contributed by atoms with E-state index in [0.29, 0.717) is 12.0 Å². The van der Waals surface area contributed by atoms with Crippen molar-refractivity contribution in [3.8, 4) is 0 Å². The van der Waals surface area contributed by atoms with Crippen LogP contribution < -0.4 is 11.2 Å². The van der Waals surface area contributed by atoms with Crippen molar-refractivity contribution in [2.24, 2.45) is 11.8 Å². The Morgan fingerprint density at radius 3 is 2.27 bits per heavy atom. The molecule has 4 heteroatoms. The Morgan fingerprint density at radius 2 is 1.80 bits per heavy atom. The van der Waals surface area contributed by atoms with E-state index in [4.69, 9.17) is 10.7 Å². The van der Waals surface area contributed by atoms with Crippen LogP contribution in [-0.4, -0.2) is 18.1 Å². The van der Waals surface area contributed by atoms with Crippen molar-refractivity contribution in [2.45, 2.75) is 57.1 Å². The third-order valence-electron chi connectivity index (χ3n) is 3.69. The molecule has 3 N–H and O–H groups in total. The zero-order chi connectivity index (χ0) is 10.7. The number of carbonyl (C=O) groups is 1. The van der Waals surface area contributed by atoms with E-state index in [0.717, 1.165) is 38.5 Å². The number of nitrogens with one attached hydrogen (secondary N) is 1. The summed E-state index contributed by atoms with van der Waals surface area (Å²) in [6.07, 6.45) is 7.49. The molecule has 0 radical (unpaired) electrons. The number of carbonyl (C=O) groups excluding carboxylic acids is 1.